The third-order valence-electron chi connectivity index (χ3n) is 5.11. The summed E-state index contributed by atoms with van der Waals surface area (Å²) in [5.41, 5.74) is 0.394. The van der Waals surface area contributed by atoms with Crippen molar-refractivity contribution in [3.63, 3.8) is 0 Å². The molecule has 0 spiro atoms. The Balaban J connectivity index is 1.81. The van der Waals surface area contributed by atoms with Crippen LogP contribution in [0.3, 0.4) is 0 Å². The van der Waals surface area contributed by atoms with Crippen LogP contribution in [-0.4, -0.2) is 51.9 Å². The van der Waals surface area contributed by atoms with E-state index in [1.165, 1.54) is 31.4 Å². The number of para-hydroxylation sites is 1. The smallest absolute Gasteiger partial charge is 0.308 e. The van der Waals surface area contributed by atoms with Crippen molar-refractivity contribution in [3.05, 3.63) is 59.6 Å². The molecule has 1 saturated heterocycles. The zero-order valence-electron chi connectivity index (χ0n) is 16.5. The zero-order valence-corrected chi connectivity index (χ0v) is 18.1. The predicted molar refractivity (Wildman–Crippen MR) is 114 cm³/mol. The van der Waals surface area contributed by atoms with Crippen LogP contribution in [0.2, 0.25) is 5.02 Å². The highest BCUT2D eigenvalue weighted by atomic mass is 35.5. The number of rotatable bonds is 6. The summed E-state index contributed by atoms with van der Waals surface area (Å²) in [6, 6.07) is 14.3. The summed E-state index contributed by atoms with van der Waals surface area (Å²) in [4.78, 5) is 26.3. The molecule has 0 saturated carbocycles. The molecular formula is C21H23ClN2O5S. The molecule has 0 aromatic heterocycles. The Morgan fingerprint density at radius 1 is 1.07 bits per heavy atom. The molecule has 2 aromatic carbocycles. The molecule has 1 aliphatic rings. The number of ether oxygens (including phenoxy) is 1. The molecule has 1 amide bonds. The van der Waals surface area contributed by atoms with E-state index in [1.54, 1.807) is 35.2 Å². The second-order valence-electron chi connectivity index (χ2n) is 6.98. The number of hydrogen-bond donors (Lipinski definition) is 0. The highest BCUT2D eigenvalue weighted by Gasteiger charge is 2.32. The van der Waals surface area contributed by atoms with Crippen LogP contribution in [0.4, 0.5) is 5.69 Å². The Morgan fingerprint density at radius 3 is 2.23 bits per heavy atom. The zero-order chi connectivity index (χ0) is 21.7. The van der Waals surface area contributed by atoms with Crippen LogP contribution in [-0.2, 0) is 24.3 Å². The molecule has 0 radical (unpaired) electrons. The Kier molecular flexibility index (Phi) is 6.99. The van der Waals surface area contributed by atoms with Crippen molar-refractivity contribution >= 4 is 39.2 Å². The summed E-state index contributed by atoms with van der Waals surface area (Å²) in [5, 5.41) is 0.421. The van der Waals surface area contributed by atoms with E-state index in [9.17, 15) is 18.0 Å². The predicted octanol–water partition coefficient (Wildman–Crippen LogP) is 2.95. The van der Waals surface area contributed by atoms with Crippen LogP contribution in [0.5, 0.6) is 0 Å². The molecule has 7 nitrogen and oxygen atoms in total. The molecule has 1 fully saturated rings. The number of carbonyl (C=O) groups excluding carboxylic acids is 2. The van der Waals surface area contributed by atoms with E-state index >= 15 is 0 Å². The van der Waals surface area contributed by atoms with Gasteiger partial charge in [-0.05, 0) is 49.2 Å². The molecule has 0 bridgehead atoms. The van der Waals surface area contributed by atoms with Crippen molar-refractivity contribution in [2.75, 3.05) is 31.0 Å². The Morgan fingerprint density at radius 2 is 1.67 bits per heavy atom. The Labute approximate surface area is 181 Å². The highest BCUT2D eigenvalue weighted by Crippen LogP contribution is 2.25. The van der Waals surface area contributed by atoms with E-state index in [4.69, 9.17) is 16.3 Å². The summed E-state index contributed by atoms with van der Waals surface area (Å²) < 4.78 is 32.5. The normalized spacial score (nSPS) is 14.9. The SMILES string of the molecule is COC(=O)C1CCN(C(=O)CN(c2ccccc2)S(=O)(=O)c2ccc(Cl)cc2)CC1. The Hall–Kier alpha value is -2.58. The first-order valence-electron chi connectivity index (χ1n) is 9.52. The van der Waals surface area contributed by atoms with Gasteiger partial charge in [0.05, 0.1) is 23.6 Å². The lowest BCUT2D eigenvalue weighted by Crippen LogP contribution is -2.46. The molecule has 1 heterocycles. The number of halogens is 1. The third-order valence-corrected chi connectivity index (χ3v) is 7.15. The quantitative estimate of drug-likeness (QED) is 0.632. The fraction of sp³-hybridized carbons (Fsp3) is 0.333. The minimum atomic E-state index is -3.98. The Bertz CT molecular complexity index is 988. The average molecular weight is 451 g/mol. The summed E-state index contributed by atoms with van der Waals surface area (Å²) in [6.07, 6.45) is 0.987. The molecule has 0 N–H and O–H groups in total. The van der Waals surface area contributed by atoms with E-state index in [0.717, 1.165) is 4.31 Å². The highest BCUT2D eigenvalue weighted by molar-refractivity contribution is 7.92. The molecule has 9 heteroatoms. The van der Waals surface area contributed by atoms with Crippen LogP contribution < -0.4 is 4.31 Å². The first-order valence-corrected chi connectivity index (χ1v) is 11.3. The van der Waals surface area contributed by atoms with Gasteiger partial charge in [0.1, 0.15) is 6.54 Å². The molecule has 1 aliphatic heterocycles. The summed E-state index contributed by atoms with van der Waals surface area (Å²) in [7, 11) is -2.63. The monoisotopic (exact) mass is 450 g/mol. The number of carbonyl (C=O) groups is 2. The number of esters is 1. The molecule has 30 heavy (non-hydrogen) atoms. The van der Waals surface area contributed by atoms with Gasteiger partial charge in [-0.2, -0.15) is 0 Å². The van der Waals surface area contributed by atoms with Gasteiger partial charge in [0, 0.05) is 18.1 Å². The number of benzene rings is 2. The maximum absolute atomic E-state index is 13.3. The van der Waals surface area contributed by atoms with E-state index in [1.807, 2.05) is 0 Å². The van der Waals surface area contributed by atoms with Gasteiger partial charge < -0.3 is 9.64 Å². The fourth-order valence-electron chi connectivity index (χ4n) is 3.40. The molecule has 0 unspecified atom stereocenters. The van der Waals surface area contributed by atoms with Crippen LogP contribution in [0.15, 0.2) is 59.5 Å². The second kappa shape index (κ2) is 9.49. The molecule has 0 aliphatic carbocycles. The largest absolute Gasteiger partial charge is 0.469 e. The van der Waals surface area contributed by atoms with Crippen LogP contribution in [0.1, 0.15) is 12.8 Å². The van der Waals surface area contributed by atoms with Crippen molar-refractivity contribution in [3.8, 4) is 0 Å². The second-order valence-corrected chi connectivity index (χ2v) is 9.28. The van der Waals surface area contributed by atoms with Crippen LogP contribution in [0, 0.1) is 5.92 Å². The van der Waals surface area contributed by atoms with Crippen molar-refractivity contribution in [1.29, 1.82) is 0 Å². The summed E-state index contributed by atoms with van der Waals surface area (Å²) in [6.45, 7) is 0.419. The maximum Gasteiger partial charge on any atom is 0.308 e. The lowest BCUT2D eigenvalue weighted by atomic mass is 9.97. The number of hydrogen-bond acceptors (Lipinski definition) is 5. The van der Waals surface area contributed by atoms with Gasteiger partial charge in [-0.25, -0.2) is 8.42 Å². The van der Waals surface area contributed by atoms with Crippen LogP contribution in [0.25, 0.3) is 0 Å². The minimum Gasteiger partial charge on any atom is -0.469 e. The first-order chi connectivity index (χ1) is 14.3. The van der Waals surface area contributed by atoms with E-state index in [-0.39, 0.29) is 29.2 Å². The standard InChI is InChI=1S/C21H23ClN2O5S/c1-29-21(26)16-11-13-23(14-12-16)20(25)15-24(18-5-3-2-4-6-18)30(27,28)19-9-7-17(22)8-10-19/h2-10,16H,11-15H2,1H3. The van der Waals surface area contributed by atoms with Crippen molar-refractivity contribution in [2.24, 2.45) is 5.92 Å². The summed E-state index contributed by atoms with van der Waals surface area (Å²) >= 11 is 5.89. The maximum atomic E-state index is 13.3. The number of amides is 1. The van der Waals surface area contributed by atoms with Crippen molar-refractivity contribution < 1.29 is 22.7 Å². The molecular weight excluding hydrogens is 428 g/mol. The lowest BCUT2D eigenvalue weighted by Gasteiger charge is -2.33. The van der Waals surface area contributed by atoms with Gasteiger partial charge >= 0.3 is 5.97 Å². The van der Waals surface area contributed by atoms with E-state index < -0.39 is 10.0 Å². The number of methoxy groups -OCH3 is 1. The number of piperidine rings is 1. The van der Waals surface area contributed by atoms with Gasteiger partial charge in [-0.1, -0.05) is 29.8 Å². The van der Waals surface area contributed by atoms with Crippen molar-refractivity contribution in [2.45, 2.75) is 17.7 Å². The van der Waals surface area contributed by atoms with Gasteiger partial charge in [0.15, 0.2) is 0 Å². The average Bonchev–Trinajstić information content (AvgIpc) is 2.77. The van der Waals surface area contributed by atoms with Gasteiger partial charge in [0.25, 0.3) is 10.0 Å². The molecule has 2 aromatic rings. The van der Waals surface area contributed by atoms with Gasteiger partial charge in [-0.15, -0.1) is 0 Å². The molecule has 3 rings (SSSR count). The molecule has 160 valence electrons. The number of sulfonamides is 1. The topological polar surface area (TPSA) is 84.0 Å². The van der Waals surface area contributed by atoms with Crippen LogP contribution >= 0.6 is 11.6 Å². The van der Waals surface area contributed by atoms with E-state index in [0.29, 0.717) is 36.6 Å². The van der Waals surface area contributed by atoms with Gasteiger partial charge in [-0.3, -0.25) is 13.9 Å². The third kappa shape index (κ3) is 4.94. The van der Waals surface area contributed by atoms with E-state index in [2.05, 4.69) is 0 Å². The van der Waals surface area contributed by atoms with Crippen molar-refractivity contribution in [1.82, 2.24) is 4.90 Å². The fourth-order valence-corrected chi connectivity index (χ4v) is 4.94. The number of anilines is 1. The lowest BCUT2D eigenvalue weighted by molar-refractivity contribution is -0.148. The minimum absolute atomic E-state index is 0.0490. The first kappa shape index (κ1) is 22.1. The molecule has 0 atom stereocenters. The summed E-state index contributed by atoms with van der Waals surface area (Å²) in [5.74, 6) is -0.833. The van der Waals surface area contributed by atoms with Gasteiger partial charge in [0.2, 0.25) is 5.91 Å². The number of likely N-dealkylation sites (tertiary alicyclic amines) is 1. The number of nitrogens with zero attached hydrogens (tertiary/aromatic N) is 2.